The Morgan fingerprint density at radius 3 is 2.47 bits per heavy atom. The van der Waals surface area contributed by atoms with Crippen molar-refractivity contribution >= 4 is 11.8 Å². The van der Waals surface area contributed by atoms with Crippen molar-refractivity contribution in [3.05, 3.63) is 59.2 Å². The molecule has 2 amide bonds. The minimum atomic E-state index is -0.784. The van der Waals surface area contributed by atoms with Crippen LogP contribution in [0.1, 0.15) is 57.1 Å². The number of hydrogen-bond donors (Lipinski definition) is 1. The van der Waals surface area contributed by atoms with Crippen LogP contribution in [0.3, 0.4) is 0 Å². The molecule has 0 aromatic heterocycles. The van der Waals surface area contributed by atoms with Gasteiger partial charge in [-0.25, -0.2) is 8.78 Å². The lowest BCUT2D eigenvalue weighted by Gasteiger charge is -2.39. The van der Waals surface area contributed by atoms with Crippen LogP contribution >= 0.6 is 0 Å². The summed E-state index contributed by atoms with van der Waals surface area (Å²) in [5.41, 5.74) is 1.88. The number of benzene rings is 2. The van der Waals surface area contributed by atoms with Crippen molar-refractivity contribution in [3.63, 3.8) is 0 Å². The molecule has 2 aliphatic heterocycles. The molecular formula is C30H37F2N3O3. The number of fused-ring (bicyclic) bond motifs is 1. The average Bonchev–Trinajstić information content (AvgIpc) is 3.73. The third-order valence-corrected chi connectivity index (χ3v) is 7.99. The van der Waals surface area contributed by atoms with Crippen LogP contribution < -0.4 is 10.1 Å². The molecule has 1 N–H and O–H groups in total. The summed E-state index contributed by atoms with van der Waals surface area (Å²) in [6.45, 7) is 6.74. The maximum atomic E-state index is 14.2. The van der Waals surface area contributed by atoms with Gasteiger partial charge in [-0.05, 0) is 85.9 Å². The Bertz CT molecular complexity index is 1180. The van der Waals surface area contributed by atoms with E-state index in [2.05, 4.69) is 5.32 Å². The van der Waals surface area contributed by atoms with Crippen LogP contribution in [-0.4, -0.2) is 53.3 Å². The summed E-state index contributed by atoms with van der Waals surface area (Å²) in [6, 6.07) is 8.49. The number of likely N-dealkylation sites (tertiary alicyclic amines) is 1. The number of carbonyl (C=O) groups excluding carboxylic acids is 2. The molecule has 5 rings (SSSR count). The summed E-state index contributed by atoms with van der Waals surface area (Å²) in [4.78, 5) is 30.7. The normalized spacial score (nSPS) is 19.3. The summed E-state index contributed by atoms with van der Waals surface area (Å²) >= 11 is 0. The van der Waals surface area contributed by atoms with E-state index in [9.17, 15) is 18.4 Å². The Kier molecular flexibility index (Phi) is 7.98. The molecular weight excluding hydrogens is 488 g/mol. The topological polar surface area (TPSA) is 61.9 Å². The smallest absolute Gasteiger partial charge is 0.245 e. The molecule has 0 radical (unpaired) electrons. The molecule has 0 bridgehead atoms. The number of nitrogens with one attached hydrogen (secondary N) is 1. The van der Waals surface area contributed by atoms with Gasteiger partial charge >= 0.3 is 0 Å². The first-order valence-corrected chi connectivity index (χ1v) is 13.8. The first-order chi connectivity index (χ1) is 18.3. The average molecular weight is 526 g/mol. The van der Waals surface area contributed by atoms with Crippen molar-refractivity contribution in [2.75, 3.05) is 19.6 Å². The van der Waals surface area contributed by atoms with E-state index in [4.69, 9.17) is 4.74 Å². The molecule has 3 aliphatic rings. The summed E-state index contributed by atoms with van der Waals surface area (Å²) in [7, 11) is 0. The van der Waals surface area contributed by atoms with E-state index < -0.39 is 17.7 Å². The highest BCUT2D eigenvalue weighted by Crippen LogP contribution is 2.31. The highest BCUT2D eigenvalue weighted by Gasteiger charge is 2.38. The van der Waals surface area contributed by atoms with Crippen molar-refractivity contribution in [3.8, 4) is 11.5 Å². The van der Waals surface area contributed by atoms with Crippen LogP contribution in [0, 0.1) is 23.5 Å². The van der Waals surface area contributed by atoms with Gasteiger partial charge < -0.3 is 19.9 Å². The van der Waals surface area contributed by atoms with Crippen molar-refractivity contribution in [2.24, 2.45) is 11.8 Å². The van der Waals surface area contributed by atoms with Crippen molar-refractivity contribution in [1.29, 1.82) is 0 Å². The predicted octanol–water partition coefficient (Wildman–Crippen LogP) is 5.05. The van der Waals surface area contributed by atoms with Gasteiger partial charge in [-0.1, -0.05) is 19.9 Å². The third kappa shape index (κ3) is 6.17. The zero-order valence-corrected chi connectivity index (χ0v) is 22.2. The van der Waals surface area contributed by atoms with Crippen LogP contribution in [0.5, 0.6) is 11.5 Å². The van der Waals surface area contributed by atoms with Gasteiger partial charge in [-0.3, -0.25) is 9.59 Å². The zero-order valence-electron chi connectivity index (χ0n) is 22.2. The Hall–Kier alpha value is -3.00. The lowest BCUT2D eigenvalue weighted by molar-refractivity contribution is -0.149. The zero-order chi connectivity index (χ0) is 26.8. The van der Waals surface area contributed by atoms with Gasteiger partial charge in [-0.2, -0.15) is 0 Å². The SMILES string of the molecule is CC(C)[C@H](C(=O)N1CCC(NCC2CC2)CC1)N1Cc2cc(Oc3ccc(F)cc3F)ccc2CCC1=O. The van der Waals surface area contributed by atoms with Gasteiger partial charge in [0.1, 0.15) is 17.6 Å². The van der Waals surface area contributed by atoms with Crippen LogP contribution in [-0.2, 0) is 22.6 Å². The van der Waals surface area contributed by atoms with Gasteiger partial charge in [-0.15, -0.1) is 0 Å². The number of ether oxygens (including phenoxy) is 1. The number of piperidine rings is 1. The van der Waals surface area contributed by atoms with E-state index in [0.29, 0.717) is 37.7 Å². The van der Waals surface area contributed by atoms with E-state index in [1.165, 1.54) is 18.9 Å². The van der Waals surface area contributed by atoms with Gasteiger partial charge in [0, 0.05) is 38.2 Å². The fraction of sp³-hybridized carbons (Fsp3) is 0.533. The maximum Gasteiger partial charge on any atom is 0.245 e. The van der Waals surface area contributed by atoms with Gasteiger partial charge in [0.25, 0.3) is 0 Å². The Labute approximate surface area is 223 Å². The number of nitrogens with zero attached hydrogens (tertiary/aromatic N) is 2. The fourth-order valence-electron chi connectivity index (χ4n) is 5.58. The minimum Gasteiger partial charge on any atom is -0.454 e. The highest BCUT2D eigenvalue weighted by molar-refractivity contribution is 5.88. The standard InChI is InChI=1S/C30H37F2N3O3/c1-19(2)29(30(37)34-13-11-24(12-14-34)33-17-20-3-4-20)35-18-22-15-25(8-5-21(22)6-10-28(35)36)38-27-9-7-23(31)16-26(27)32/h5,7-9,15-16,19-20,24,29,33H,3-4,6,10-14,17-18H2,1-2H3/t29-/m1/s1. The van der Waals surface area contributed by atoms with E-state index >= 15 is 0 Å². The molecule has 2 heterocycles. The molecule has 2 aromatic carbocycles. The second-order valence-electron chi connectivity index (χ2n) is 11.3. The Morgan fingerprint density at radius 2 is 1.79 bits per heavy atom. The molecule has 0 unspecified atom stereocenters. The third-order valence-electron chi connectivity index (χ3n) is 7.99. The number of carbonyl (C=O) groups is 2. The van der Waals surface area contributed by atoms with Crippen LogP contribution in [0.15, 0.2) is 36.4 Å². The number of hydrogen-bond acceptors (Lipinski definition) is 4. The first kappa shape index (κ1) is 26.6. The summed E-state index contributed by atoms with van der Waals surface area (Å²) in [5.74, 6) is -0.374. The van der Waals surface area contributed by atoms with Gasteiger partial charge in [0.05, 0.1) is 0 Å². The predicted molar refractivity (Wildman–Crippen MR) is 141 cm³/mol. The lowest BCUT2D eigenvalue weighted by atomic mass is 9.97. The van der Waals surface area contributed by atoms with Crippen LogP contribution in [0.2, 0.25) is 0 Å². The van der Waals surface area contributed by atoms with E-state index in [0.717, 1.165) is 48.6 Å². The maximum absolute atomic E-state index is 14.2. The van der Waals surface area contributed by atoms with Crippen molar-refractivity contribution in [1.82, 2.24) is 15.1 Å². The number of amides is 2. The van der Waals surface area contributed by atoms with Crippen LogP contribution in [0.25, 0.3) is 0 Å². The summed E-state index contributed by atoms with van der Waals surface area (Å²) < 4.78 is 33.2. The van der Waals surface area contributed by atoms with Crippen molar-refractivity contribution < 1.29 is 23.1 Å². The number of aryl methyl sites for hydroxylation is 1. The molecule has 8 heteroatoms. The van der Waals surface area contributed by atoms with Gasteiger partial charge in [0.15, 0.2) is 11.6 Å². The van der Waals surface area contributed by atoms with E-state index in [1.807, 2.05) is 24.8 Å². The minimum absolute atomic E-state index is 0.0123. The number of halogens is 2. The van der Waals surface area contributed by atoms with Gasteiger partial charge in [0.2, 0.25) is 11.8 Å². The molecule has 0 spiro atoms. The summed E-state index contributed by atoms with van der Waals surface area (Å²) in [5, 5.41) is 3.66. The molecule has 1 saturated carbocycles. The van der Waals surface area contributed by atoms with E-state index in [1.54, 1.807) is 17.0 Å². The molecule has 1 aliphatic carbocycles. The largest absolute Gasteiger partial charge is 0.454 e. The first-order valence-electron chi connectivity index (χ1n) is 13.8. The number of rotatable bonds is 8. The second kappa shape index (κ2) is 11.4. The van der Waals surface area contributed by atoms with E-state index in [-0.39, 0.29) is 30.0 Å². The molecule has 1 atom stereocenters. The molecule has 204 valence electrons. The van der Waals surface area contributed by atoms with Crippen LogP contribution in [0.4, 0.5) is 8.78 Å². The molecule has 2 aromatic rings. The Balaban J connectivity index is 1.30. The lowest BCUT2D eigenvalue weighted by Crippen LogP contribution is -2.55. The highest BCUT2D eigenvalue weighted by atomic mass is 19.1. The monoisotopic (exact) mass is 525 g/mol. The summed E-state index contributed by atoms with van der Waals surface area (Å²) in [6.07, 6.45) is 5.39. The second-order valence-corrected chi connectivity index (χ2v) is 11.3. The van der Waals surface area contributed by atoms with Crippen molar-refractivity contribution in [2.45, 2.75) is 71.0 Å². The quantitative estimate of drug-likeness (QED) is 0.524. The molecule has 6 nitrogen and oxygen atoms in total. The molecule has 2 fully saturated rings. The fourth-order valence-corrected chi connectivity index (χ4v) is 5.58. The molecule has 1 saturated heterocycles. The molecule has 38 heavy (non-hydrogen) atoms. The Morgan fingerprint density at radius 1 is 1.03 bits per heavy atom.